The smallest absolute Gasteiger partial charge is 0.252 e. The Morgan fingerprint density at radius 3 is 2.10 bits per heavy atom. The van der Waals surface area contributed by atoms with Crippen LogP contribution in [-0.4, -0.2) is 40.5 Å². The minimum atomic E-state index is -2.18. The molecule has 0 bridgehead atoms. The molecule has 0 aliphatic rings. The zero-order valence-electron chi connectivity index (χ0n) is 12.8. The summed E-state index contributed by atoms with van der Waals surface area (Å²) in [6.45, 7) is 3.90. The molecule has 0 radical (unpaired) electrons. The van der Waals surface area contributed by atoms with Gasteiger partial charge in [0.1, 0.15) is 0 Å². The predicted molar refractivity (Wildman–Crippen MR) is 93.3 cm³/mol. The van der Waals surface area contributed by atoms with E-state index in [1.807, 2.05) is 18.2 Å². The van der Waals surface area contributed by atoms with Crippen LogP contribution in [0.5, 0.6) is 0 Å². The maximum absolute atomic E-state index is 6.41. The van der Waals surface area contributed by atoms with Crippen LogP contribution in [0.2, 0.25) is 11.6 Å². The van der Waals surface area contributed by atoms with Crippen molar-refractivity contribution >= 4 is 30.3 Å². The molecule has 0 spiro atoms. The zero-order valence-corrected chi connectivity index (χ0v) is 14.6. The highest BCUT2D eigenvalue weighted by Crippen LogP contribution is 2.11. The first-order chi connectivity index (χ1) is 10.0. The van der Waals surface area contributed by atoms with Gasteiger partial charge in [-0.15, -0.1) is 0 Å². The maximum Gasteiger partial charge on any atom is 0.252 e. The van der Waals surface area contributed by atoms with Crippen LogP contribution in [0.25, 0.3) is 0 Å². The van der Waals surface area contributed by atoms with Crippen molar-refractivity contribution in [2.45, 2.75) is 6.55 Å². The van der Waals surface area contributed by atoms with Crippen molar-refractivity contribution in [3.8, 4) is 0 Å². The van der Waals surface area contributed by atoms with Crippen molar-refractivity contribution in [3.05, 3.63) is 59.6 Å². The molecule has 0 aliphatic carbocycles. The number of likely N-dealkylation sites (N-methyl/N-ethyl adjacent to an activating group) is 1. The summed E-state index contributed by atoms with van der Waals surface area (Å²) >= 11 is 6.02. The number of hydrogen-bond donors (Lipinski definition) is 0. The summed E-state index contributed by atoms with van der Waals surface area (Å²) in [6, 6.07) is 18.6. The van der Waals surface area contributed by atoms with Gasteiger partial charge in [-0.2, -0.15) is 0 Å². The van der Waals surface area contributed by atoms with Crippen LogP contribution in [0.1, 0.15) is 0 Å². The zero-order chi connectivity index (χ0) is 15.3. The predicted octanol–water partition coefficient (Wildman–Crippen LogP) is 2.61. The first-order valence-corrected chi connectivity index (χ1v) is 9.91. The Morgan fingerprint density at radius 1 is 0.952 bits per heavy atom. The molecular formula is C17H22ClNOSi. The Bertz CT molecular complexity index is 559. The van der Waals surface area contributed by atoms with E-state index in [1.54, 1.807) is 0 Å². The normalized spacial score (nSPS) is 14.1. The molecule has 112 valence electrons. The van der Waals surface area contributed by atoms with Gasteiger partial charge in [-0.05, 0) is 43.1 Å². The van der Waals surface area contributed by atoms with Crippen LogP contribution in [0, 0.1) is 0 Å². The third-order valence-electron chi connectivity index (χ3n) is 3.65. The van der Waals surface area contributed by atoms with Crippen molar-refractivity contribution in [1.82, 2.24) is 4.90 Å². The summed E-state index contributed by atoms with van der Waals surface area (Å²) in [4.78, 5) is 2.14. The van der Waals surface area contributed by atoms with E-state index in [4.69, 9.17) is 16.0 Å². The molecule has 0 saturated heterocycles. The Hall–Kier alpha value is -1.13. The van der Waals surface area contributed by atoms with E-state index in [1.165, 1.54) is 10.4 Å². The molecule has 21 heavy (non-hydrogen) atoms. The first-order valence-electron chi connectivity index (χ1n) is 7.12. The lowest BCUT2D eigenvalue weighted by molar-refractivity contribution is 0.261. The Balaban J connectivity index is 2.31. The summed E-state index contributed by atoms with van der Waals surface area (Å²) in [6.07, 6.45) is 0. The van der Waals surface area contributed by atoms with Gasteiger partial charge in [0.25, 0.3) is 8.32 Å². The minimum Gasteiger partial charge on any atom is -0.407 e. The first kappa shape index (κ1) is 16.2. The number of rotatable bonds is 6. The monoisotopic (exact) mass is 319 g/mol. The molecule has 2 rings (SSSR count). The van der Waals surface area contributed by atoms with Gasteiger partial charge in [0, 0.05) is 18.2 Å². The molecule has 0 N–H and O–H groups in total. The third-order valence-corrected chi connectivity index (χ3v) is 7.55. The highest BCUT2D eigenvalue weighted by Gasteiger charge is 2.33. The molecule has 0 aliphatic heterocycles. The molecule has 2 aromatic rings. The molecule has 0 heterocycles. The van der Waals surface area contributed by atoms with Crippen molar-refractivity contribution in [2.75, 3.05) is 27.2 Å². The summed E-state index contributed by atoms with van der Waals surface area (Å²) in [5.41, 5.74) is 0. The maximum atomic E-state index is 6.41. The summed E-state index contributed by atoms with van der Waals surface area (Å²) in [5, 5.41) is 3.29. The second-order valence-electron chi connectivity index (χ2n) is 5.56. The quantitative estimate of drug-likeness (QED) is 0.759. The summed E-state index contributed by atoms with van der Waals surface area (Å²) in [7, 11) is 1.95. The van der Waals surface area contributed by atoms with Crippen LogP contribution in [0.3, 0.4) is 0 Å². The molecule has 0 amide bonds. The standard InChI is InChI=1S/C17H22ClNOSi/c1-19(2)13-14-20-21(3,16-7-5-4-6-8-16)17-11-9-15(18)10-12-17/h4-12H,13-14H2,1-3H3. The Kier molecular flexibility index (Phi) is 5.59. The molecule has 0 aromatic heterocycles. The molecule has 0 fully saturated rings. The van der Waals surface area contributed by atoms with E-state index in [9.17, 15) is 0 Å². The van der Waals surface area contributed by atoms with Crippen LogP contribution in [-0.2, 0) is 4.43 Å². The van der Waals surface area contributed by atoms with E-state index in [2.05, 4.69) is 61.9 Å². The van der Waals surface area contributed by atoms with Gasteiger partial charge in [0.2, 0.25) is 0 Å². The minimum absolute atomic E-state index is 0.729. The van der Waals surface area contributed by atoms with Gasteiger partial charge in [-0.1, -0.05) is 54.1 Å². The molecule has 1 atom stereocenters. The van der Waals surface area contributed by atoms with Crippen molar-refractivity contribution in [2.24, 2.45) is 0 Å². The van der Waals surface area contributed by atoms with E-state index in [-0.39, 0.29) is 0 Å². The van der Waals surface area contributed by atoms with Gasteiger partial charge in [0.15, 0.2) is 0 Å². The lowest BCUT2D eigenvalue weighted by Crippen LogP contribution is -2.58. The van der Waals surface area contributed by atoms with Crippen LogP contribution in [0.15, 0.2) is 54.6 Å². The van der Waals surface area contributed by atoms with Gasteiger partial charge in [-0.25, -0.2) is 0 Å². The lowest BCUT2D eigenvalue weighted by atomic mass is 10.4. The molecule has 2 nitrogen and oxygen atoms in total. The Morgan fingerprint density at radius 2 is 1.52 bits per heavy atom. The fourth-order valence-electron chi connectivity index (χ4n) is 2.29. The summed E-state index contributed by atoms with van der Waals surface area (Å²) < 4.78 is 6.41. The van der Waals surface area contributed by atoms with E-state index in [0.717, 1.165) is 18.2 Å². The van der Waals surface area contributed by atoms with Crippen LogP contribution in [0.4, 0.5) is 0 Å². The van der Waals surface area contributed by atoms with Crippen molar-refractivity contribution in [1.29, 1.82) is 0 Å². The van der Waals surface area contributed by atoms with E-state index in [0.29, 0.717) is 0 Å². The molecular weight excluding hydrogens is 298 g/mol. The largest absolute Gasteiger partial charge is 0.407 e. The summed E-state index contributed by atoms with van der Waals surface area (Å²) in [5.74, 6) is 0. The SMILES string of the molecule is CN(C)CCO[Si](C)(c1ccccc1)c1ccc(Cl)cc1. The Labute approximate surface area is 133 Å². The van der Waals surface area contributed by atoms with Gasteiger partial charge < -0.3 is 9.33 Å². The number of hydrogen-bond acceptors (Lipinski definition) is 2. The van der Waals surface area contributed by atoms with E-state index >= 15 is 0 Å². The second-order valence-corrected chi connectivity index (χ2v) is 9.50. The number of halogens is 1. The molecule has 4 heteroatoms. The van der Waals surface area contributed by atoms with E-state index < -0.39 is 8.32 Å². The topological polar surface area (TPSA) is 12.5 Å². The van der Waals surface area contributed by atoms with Crippen LogP contribution >= 0.6 is 11.6 Å². The highest BCUT2D eigenvalue weighted by molar-refractivity contribution is 6.96. The van der Waals surface area contributed by atoms with Crippen LogP contribution < -0.4 is 10.4 Å². The second kappa shape index (κ2) is 7.23. The molecule has 2 aromatic carbocycles. The average Bonchev–Trinajstić information content (AvgIpc) is 2.48. The van der Waals surface area contributed by atoms with Gasteiger partial charge >= 0.3 is 0 Å². The van der Waals surface area contributed by atoms with Gasteiger partial charge in [0.05, 0.1) is 0 Å². The molecule has 1 unspecified atom stereocenters. The van der Waals surface area contributed by atoms with Crippen molar-refractivity contribution in [3.63, 3.8) is 0 Å². The number of nitrogens with zero attached hydrogens (tertiary/aromatic N) is 1. The lowest BCUT2D eigenvalue weighted by Gasteiger charge is -2.29. The molecule has 0 saturated carbocycles. The van der Waals surface area contributed by atoms with Gasteiger partial charge in [-0.3, -0.25) is 0 Å². The fourth-order valence-corrected chi connectivity index (χ4v) is 5.21. The fraction of sp³-hybridized carbons (Fsp3) is 0.294. The number of benzene rings is 2. The third kappa shape index (κ3) is 4.17. The highest BCUT2D eigenvalue weighted by atomic mass is 35.5. The average molecular weight is 320 g/mol. The van der Waals surface area contributed by atoms with Crippen molar-refractivity contribution < 1.29 is 4.43 Å².